The quantitative estimate of drug-likeness (QED) is 0.651. The van der Waals surface area contributed by atoms with Crippen molar-refractivity contribution in [3.63, 3.8) is 0 Å². The lowest BCUT2D eigenvalue weighted by Crippen LogP contribution is -2.26. The highest BCUT2D eigenvalue weighted by Gasteiger charge is 2.16. The minimum atomic E-state index is -0.233. The number of nitrogens with one attached hydrogen (secondary N) is 1. The topological polar surface area (TPSA) is 30.5 Å². The monoisotopic (exact) mass is 365 g/mol. The Kier molecular flexibility index (Phi) is 5.66. The van der Waals surface area contributed by atoms with Crippen molar-refractivity contribution in [3.8, 4) is 5.75 Å². The van der Waals surface area contributed by atoms with Gasteiger partial charge in [-0.05, 0) is 47.4 Å². The number of rotatable bonds is 7. The van der Waals surface area contributed by atoms with Gasteiger partial charge in [0.05, 0.1) is 6.10 Å². The van der Waals surface area contributed by atoms with Gasteiger partial charge in [0.2, 0.25) is 0 Å². The van der Waals surface area contributed by atoms with E-state index in [0.29, 0.717) is 12.7 Å². The molecule has 1 saturated heterocycles. The smallest absolute Gasteiger partial charge is 0.124 e. The summed E-state index contributed by atoms with van der Waals surface area (Å²) < 4.78 is 24.9. The zero-order chi connectivity index (χ0) is 18.5. The Morgan fingerprint density at radius 1 is 1.04 bits per heavy atom. The van der Waals surface area contributed by atoms with Gasteiger partial charge >= 0.3 is 0 Å². The molecule has 1 aliphatic rings. The van der Waals surface area contributed by atoms with Gasteiger partial charge in [0.15, 0.2) is 0 Å². The van der Waals surface area contributed by atoms with Gasteiger partial charge in [-0.2, -0.15) is 0 Å². The molecule has 0 aromatic heterocycles. The summed E-state index contributed by atoms with van der Waals surface area (Å²) in [5.74, 6) is 0.626. The number of ether oxygens (including phenoxy) is 2. The molecule has 27 heavy (non-hydrogen) atoms. The third-order valence-corrected chi connectivity index (χ3v) is 5.00. The number of fused-ring (bicyclic) bond motifs is 1. The van der Waals surface area contributed by atoms with E-state index in [1.165, 1.54) is 22.9 Å². The van der Waals surface area contributed by atoms with Crippen LogP contribution in [0.4, 0.5) is 4.39 Å². The molecule has 3 aromatic carbocycles. The van der Waals surface area contributed by atoms with E-state index < -0.39 is 0 Å². The van der Waals surface area contributed by atoms with E-state index >= 15 is 0 Å². The van der Waals surface area contributed by atoms with Gasteiger partial charge in [-0.15, -0.1) is 0 Å². The normalized spacial score (nSPS) is 16.7. The van der Waals surface area contributed by atoms with Gasteiger partial charge in [0.25, 0.3) is 0 Å². The van der Waals surface area contributed by atoms with Crippen LogP contribution in [0, 0.1) is 5.82 Å². The maximum Gasteiger partial charge on any atom is 0.124 e. The molecule has 4 rings (SSSR count). The van der Waals surface area contributed by atoms with Crippen LogP contribution in [0.15, 0.2) is 60.7 Å². The second-order valence-electron chi connectivity index (χ2n) is 6.94. The summed E-state index contributed by atoms with van der Waals surface area (Å²) >= 11 is 0. The zero-order valence-electron chi connectivity index (χ0n) is 15.3. The van der Waals surface area contributed by atoms with Crippen LogP contribution in [-0.2, 0) is 17.9 Å². The molecule has 0 amide bonds. The lowest BCUT2D eigenvalue weighted by Gasteiger charge is -2.16. The highest BCUT2D eigenvalue weighted by molar-refractivity contribution is 5.87. The van der Waals surface area contributed by atoms with Crippen LogP contribution in [-0.4, -0.2) is 19.3 Å². The first-order valence-corrected chi connectivity index (χ1v) is 9.50. The number of hydrogen-bond acceptors (Lipinski definition) is 3. The summed E-state index contributed by atoms with van der Waals surface area (Å²) in [5, 5.41) is 5.91. The molecule has 0 saturated carbocycles. The van der Waals surface area contributed by atoms with Crippen LogP contribution in [0.2, 0.25) is 0 Å². The largest absolute Gasteiger partial charge is 0.489 e. The van der Waals surface area contributed by atoms with Crippen LogP contribution < -0.4 is 10.1 Å². The standard InChI is InChI=1S/C23H24FNO2/c24-19-10-7-17(8-11-19)16-27-23-12-9-18-4-1-2-6-21(18)22(23)15-25-14-20-5-3-13-26-20/h1-2,4,6-12,20,25H,3,5,13-16H2/t20-/m0/s1. The van der Waals surface area contributed by atoms with Gasteiger partial charge in [-0.1, -0.05) is 42.5 Å². The van der Waals surface area contributed by atoms with Crippen molar-refractivity contribution in [2.75, 3.05) is 13.2 Å². The second-order valence-corrected chi connectivity index (χ2v) is 6.94. The van der Waals surface area contributed by atoms with Crippen molar-refractivity contribution in [1.82, 2.24) is 5.32 Å². The van der Waals surface area contributed by atoms with E-state index in [4.69, 9.17) is 9.47 Å². The number of benzene rings is 3. The van der Waals surface area contributed by atoms with Gasteiger partial charge in [-0.25, -0.2) is 4.39 Å². The van der Waals surface area contributed by atoms with Gasteiger partial charge < -0.3 is 14.8 Å². The van der Waals surface area contributed by atoms with Crippen LogP contribution in [0.5, 0.6) is 5.75 Å². The van der Waals surface area contributed by atoms with E-state index in [1.807, 2.05) is 12.1 Å². The Balaban J connectivity index is 1.51. The first-order valence-electron chi connectivity index (χ1n) is 9.50. The van der Waals surface area contributed by atoms with Crippen molar-refractivity contribution in [2.45, 2.75) is 32.1 Å². The summed E-state index contributed by atoms with van der Waals surface area (Å²) in [6.45, 7) is 2.85. The minimum Gasteiger partial charge on any atom is -0.489 e. The van der Waals surface area contributed by atoms with E-state index in [0.717, 1.165) is 49.4 Å². The highest BCUT2D eigenvalue weighted by Crippen LogP contribution is 2.29. The summed E-state index contributed by atoms with van der Waals surface area (Å²) in [4.78, 5) is 0. The maximum atomic E-state index is 13.1. The molecule has 0 spiro atoms. The zero-order valence-corrected chi connectivity index (χ0v) is 15.3. The molecule has 1 heterocycles. The van der Waals surface area contributed by atoms with Crippen LogP contribution >= 0.6 is 0 Å². The molecule has 1 fully saturated rings. The summed E-state index contributed by atoms with van der Waals surface area (Å²) in [6.07, 6.45) is 2.58. The molecule has 0 aliphatic carbocycles. The molecule has 0 unspecified atom stereocenters. The van der Waals surface area contributed by atoms with Crippen molar-refractivity contribution in [1.29, 1.82) is 0 Å². The molecule has 3 nitrogen and oxygen atoms in total. The van der Waals surface area contributed by atoms with E-state index in [9.17, 15) is 4.39 Å². The molecule has 1 aliphatic heterocycles. The lowest BCUT2D eigenvalue weighted by molar-refractivity contribution is 0.110. The molecule has 1 atom stereocenters. The Morgan fingerprint density at radius 2 is 1.89 bits per heavy atom. The van der Waals surface area contributed by atoms with E-state index in [1.54, 1.807) is 12.1 Å². The molecular formula is C23H24FNO2. The summed E-state index contributed by atoms with van der Waals surface area (Å²) in [6, 6.07) is 18.9. The predicted molar refractivity (Wildman–Crippen MR) is 105 cm³/mol. The lowest BCUT2D eigenvalue weighted by atomic mass is 10.0. The SMILES string of the molecule is Fc1ccc(COc2ccc3ccccc3c2CNC[C@@H]2CCCO2)cc1. The number of halogens is 1. The van der Waals surface area contributed by atoms with Gasteiger partial charge in [0.1, 0.15) is 18.2 Å². The third-order valence-electron chi connectivity index (χ3n) is 5.00. The minimum absolute atomic E-state index is 0.233. The first-order chi connectivity index (χ1) is 13.3. The molecular weight excluding hydrogens is 341 g/mol. The second kappa shape index (κ2) is 8.51. The molecule has 0 radical (unpaired) electrons. The van der Waals surface area contributed by atoms with Crippen LogP contribution in [0.1, 0.15) is 24.0 Å². The average Bonchev–Trinajstić information content (AvgIpc) is 3.22. The van der Waals surface area contributed by atoms with Gasteiger partial charge in [-0.3, -0.25) is 0 Å². The van der Waals surface area contributed by atoms with Crippen LogP contribution in [0.3, 0.4) is 0 Å². The first kappa shape index (κ1) is 18.0. The Morgan fingerprint density at radius 3 is 2.70 bits per heavy atom. The maximum absolute atomic E-state index is 13.1. The van der Waals surface area contributed by atoms with E-state index in [-0.39, 0.29) is 5.82 Å². The van der Waals surface area contributed by atoms with E-state index in [2.05, 4.69) is 29.6 Å². The molecule has 3 aromatic rings. The fourth-order valence-corrected chi connectivity index (χ4v) is 3.54. The summed E-state index contributed by atoms with van der Waals surface area (Å²) in [7, 11) is 0. The fourth-order valence-electron chi connectivity index (χ4n) is 3.54. The Bertz CT molecular complexity index is 889. The van der Waals surface area contributed by atoms with Crippen molar-refractivity contribution < 1.29 is 13.9 Å². The molecule has 140 valence electrons. The fraction of sp³-hybridized carbons (Fsp3) is 0.304. The average molecular weight is 365 g/mol. The number of hydrogen-bond donors (Lipinski definition) is 1. The Labute approximate surface area is 159 Å². The van der Waals surface area contributed by atoms with Crippen LogP contribution in [0.25, 0.3) is 10.8 Å². The molecule has 1 N–H and O–H groups in total. The highest BCUT2D eigenvalue weighted by atomic mass is 19.1. The predicted octanol–water partition coefficient (Wildman–Crippen LogP) is 4.83. The third kappa shape index (κ3) is 4.46. The Hall–Kier alpha value is -2.43. The summed E-state index contributed by atoms with van der Waals surface area (Å²) in [5.41, 5.74) is 2.09. The molecule has 4 heteroatoms. The van der Waals surface area contributed by atoms with Crippen molar-refractivity contribution >= 4 is 10.8 Å². The van der Waals surface area contributed by atoms with Crippen molar-refractivity contribution in [2.24, 2.45) is 0 Å². The molecule has 0 bridgehead atoms. The van der Waals surface area contributed by atoms with Crippen molar-refractivity contribution in [3.05, 3.63) is 77.6 Å². The van der Waals surface area contributed by atoms with Gasteiger partial charge in [0, 0.05) is 25.3 Å².